The standard InChI is InChI=1S/C17H29N3O/c1-13-7-6-10-17(12-13,20(2)3)16(19-18)14-8-5-9-15(11-14)21-4/h5,8-9,11,13,16,19H,6-7,10,12,18H2,1-4H3. The molecule has 21 heavy (non-hydrogen) atoms. The molecule has 0 aromatic heterocycles. The molecule has 0 aliphatic heterocycles. The summed E-state index contributed by atoms with van der Waals surface area (Å²) < 4.78 is 5.37. The molecule has 0 spiro atoms. The average Bonchev–Trinajstić information content (AvgIpc) is 2.48. The van der Waals surface area contributed by atoms with Crippen LogP contribution < -0.4 is 16.0 Å². The molecule has 3 N–H and O–H groups in total. The highest BCUT2D eigenvalue weighted by atomic mass is 16.5. The molecule has 0 amide bonds. The number of nitrogens with one attached hydrogen (secondary N) is 1. The minimum atomic E-state index is 0.0543. The van der Waals surface area contributed by atoms with Crippen LogP contribution in [0, 0.1) is 5.92 Å². The fraction of sp³-hybridized carbons (Fsp3) is 0.647. The van der Waals surface area contributed by atoms with Crippen molar-refractivity contribution < 1.29 is 4.74 Å². The second kappa shape index (κ2) is 6.77. The van der Waals surface area contributed by atoms with E-state index in [1.54, 1.807) is 7.11 Å². The van der Waals surface area contributed by atoms with Crippen molar-refractivity contribution in [3.8, 4) is 5.75 Å². The van der Waals surface area contributed by atoms with Crippen LogP contribution in [-0.4, -0.2) is 31.6 Å². The van der Waals surface area contributed by atoms with Gasteiger partial charge in [0.1, 0.15) is 5.75 Å². The molecule has 1 saturated carbocycles. The number of hydrogen-bond donors (Lipinski definition) is 2. The van der Waals surface area contributed by atoms with Gasteiger partial charge in [0.25, 0.3) is 0 Å². The maximum atomic E-state index is 5.98. The number of benzene rings is 1. The minimum Gasteiger partial charge on any atom is -0.497 e. The molecular formula is C17H29N3O. The Morgan fingerprint density at radius 1 is 1.43 bits per heavy atom. The van der Waals surface area contributed by atoms with Crippen molar-refractivity contribution >= 4 is 0 Å². The zero-order chi connectivity index (χ0) is 15.5. The van der Waals surface area contributed by atoms with Crippen molar-refractivity contribution in [1.29, 1.82) is 0 Å². The molecule has 0 heterocycles. The van der Waals surface area contributed by atoms with Crippen LogP contribution in [0.1, 0.15) is 44.2 Å². The zero-order valence-corrected chi connectivity index (χ0v) is 13.7. The number of nitrogens with two attached hydrogens (primary N) is 1. The molecular weight excluding hydrogens is 262 g/mol. The number of likely N-dealkylation sites (N-methyl/N-ethyl adjacent to an activating group) is 1. The van der Waals surface area contributed by atoms with Gasteiger partial charge >= 0.3 is 0 Å². The predicted octanol–water partition coefficient (Wildman–Crippen LogP) is 2.71. The molecule has 3 atom stereocenters. The van der Waals surface area contributed by atoms with Gasteiger partial charge in [-0.25, -0.2) is 0 Å². The van der Waals surface area contributed by atoms with E-state index in [1.807, 2.05) is 12.1 Å². The van der Waals surface area contributed by atoms with Gasteiger partial charge in [-0.15, -0.1) is 0 Å². The first kappa shape index (κ1) is 16.3. The van der Waals surface area contributed by atoms with Crippen molar-refractivity contribution in [2.24, 2.45) is 11.8 Å². The minimum absolute atomic E-state index is 0.0543. The molecule has 0 radical (unpaired) electrons. The van der Waals surface area contributed by atoms with E-state index in [2.05, 4.69) is 43.5 Å². The molecule has 0 bridgehead atoms. The Hall–Kier alpha value is -1.10. The van der Waals surface area contributed by atoms with Crippen molar-refractivity contribution in [3.63, 3.8) is 0 Å². The summed E-state index contributed by atoms with van der Waals surface area (Å²) in [6.07, 6.45) is 4.88. The van der Waals surface area contributed by atoms with Gasteiger partial charge in [0, 0.05) is 5.54 Å². The quantitative estimate of drug-likeness (QED) is 0.647. The third kappa shape index (κ3) is 3.23. The molecule has 118 valence electrons. The molecule has 1 aliphatic rings. The summed E-state index contributed by atoms with van der Waals surface area (Å²) in [7, 11) is 6.04. The highest BCUT2D eigenvalue weighted by molar-refractivity contribution is 5.32. The molecule has 4 heteroatoms. The van der Waals surface area contributed by atoms with Crippen molar-refractivity contribution in [1.82, 2.24) is 10.3 Å². The number of nitrogens with zero attached hydrogens (tertiary/aromatic N) is 1. The second-order valence-corrected chi connectivity index (χ2v) is 6.58. The van der Waals surface area contributed by atoms with Crippen LogP contribution in [0.4, 0.5) is 0 Å². The fourth-order valence-electron chi connectivity index (χ4n) is 3.87. The first-order chi connectivity index (χ1) is 10.0. The Labute approximate surface area is 128 Å². The smallest absolute Gasteiger partial charge is 0.119 e. The molecule has 1 fully saturated rings. The van der Waals surface area contributed by atoms with Gasteiger partial charge < -0.3 is 9.64 Å². The van der Waals surface area contributed by atoms with Crippen LogP contribution >= 0.6 is 0 Å². The van der Waals surface area contributed by atoms with E-state index in [-0.39, 0.29) is 11.6 Å². The monoisotopic (exact) mass is 291 g/mol. The van der Waals surface area contributed by atoms with Gasteiger partial charge in [-0.3, -0.25) is 11.3 Å². The number of ether oxygens (including phenoxy) is 1. The lowest BCUT2D eigenvalue weighted by molar-refractivity contribution is 0.0366. The van der Waals surface area contributed by atoms with E-state index in [1.165, 1.54) is 18.4 Å². The van der Waals surface area contributed by atoms with Crippen LogP contribution in [-0.2, 0) is 0 Å². The van der Waals surface area contributed by atoms with Crippen LogP contribution in [0.2, 0.25) is 0 Å². The van der Waals surface area contributed by atoms with E-state index < -0.39 is 0 Å². The number of methoxy groups -OCH3 is 1. The van der Waals surface area contributed by atoms with Gasteiger partial charge in [-0.1, -0.05) is 31.9 Å². The Morgan fingerprint density at radius 2 is 2.19 bits per heavy atom. The Kier molecular flexibility index (Phi) is 5.25. The maximum Gasteiger partial charge on any atom is 0.119 e. The van der Waals surface area contributed by atoms with E-state index in [9.17, 15) is 0 Å². The SMILES string of the molecule is COc1cccc(C(NN)C2(N(C)C)CCCC(C)C2)c1. The van der Waals surface area contributed by atoms with Crippen LogP contribution in [0.5, 0.6) is 5.75 Å². The highest BCUT2D eigenvalue weighted by Gasteiger charge is 2.44. The van der Waals surface area contributed by atoms with Gasteiger partial charge in [-0.2, -0.15) is 0 Å². The summed E-state index contributed by atoms with van der Waals surface area (Å²) >= 11 is 0. The molecule has 3 unspecified atom stereocenters. The number of hydrogen-bond acceptors (Lipinski definition) is 4. The highest BCUT2D eigenvalue weighted by Crippen LogP contribution is 2.44. The molecule has 1 aromatic carbocycles. The summed E-state index contributed by atoms with van der Waals surface area (Å²) in [5.74, 6) is 7.58. The normalized spacial score (nSPS) is 27.6. The first-order valence-electron chi connectivity index (χ1n) is 7.81. The third-order valence-corrected chi connectivity index (χ3v) is 5.03. The van der Waals surface area contributed by atoms with E-state index >= 15 is 0 Å². The van der Waals surface area contributed by atoms with Crippen molar-refractivity contribution in [2.75, 3.05) is 21.2 Å². The topological polar surface area (TPSA) is 50.5 Å². The Bertz CT molecular complexity index is 463. The van der Waals surface area contributed by atoms with Gasteiger partial charge in [-0.05, 0) is 50.6 Å². The Morgan fingerprint density at radius 3 is 2.76 bits per heavy atom. The summed E-state index contributed by atoms with van der Waals surface area (Å²) in [4.78, 5) is 2.35. The number of rotatable bonds is 5. The van der Waals surface area contributed by atoms with E-state index in [0.717, 1.165) is 24.5 Å². The zero-order valence-electron chi connectivity index (χ0n) is 13.7. The summed E-state index contributed by atoms with van der Waals surface area (Å²) in [5.41, 5.74) is 4.33. The average molecular weight is 291 g/mol. The third-order valence-electron chi connectivity index (χ3n) is 5.03. The van der Waals surface area contributed by atoms with Gasteiger partial charge in [0.05, 0.1) is 13.2 Å². The lowest BCUT2D eigenvalue weighted by atomic mass is 9.69. The van der Waals surface area contributed by atoms with E-state index in [4.69, 9.17) is 10.6 Å². The molecule has 0 saturated heterocycles. The first-order valence-corrected chi connectivity index (χ1v) is 7.81. The summed E-state index contributed by atoms with van der Waals surface area (Å²) in [6, 6.07) is 8.34. The van der Waals surface area contributed by atoms with Crippen LogP contribution in [0.15, 0.2) is 24.3 Å². The summed E-state index contributed by atoms with van der Waals surface area (Å²) in [5, 5.41) is 0. The van der Waals surface area contributed by atoms with Crippen LogP contribution in [0.25, 0.3) is 0 Å². The molecule has 1 aliphatic carbocycles. The van der Waals surface area contributed by atoms with E-state index in [0.29, 0.717) is 0 Å². The Balaban J connectivity index is 2.39. The maximum absolute atomic E-state index is 5.98. The van der Waals surface area contributed by atoms with Crippen molar-refractivity contribution in [2.45, 2.75) is 44.2 Å². The fourth-order valence-corrected chi connectivity index (χ4v) is 3.87. The molecule has 4 nitrogen and oxygen atoms in total. The van der Waals surface area contributed by atoms with Crippen LogP contribution in [0.3, 0.4) is 0 Å². The van der Waals surface area contributed by atoms with Gasteiger partial charge in [0.2, 0.25) is 0 Å². The largest absolute Gasteiger partial charge is 0.497 e. The second-order valence-electron chi connectivity index (χ2n) is 6.58. The lowest BCUT2D eigenvalue weighted by Gasteiger charge is -2.50. The number of hydrazine groups is 1. The van der Waals surface area contributed by atoms with Gasteiger partial charge in [0.15, 0.2) is 0 Å². The lowest BCUT2D eigenvalue weighted by Crippen LogP contribution is -2.57. The molecule has 1 aromatic rings. The predicted molar refractivity (Wildman–Crippen MR) is 87.1 cm³/mol. The summed E-state index contributed by atoms with van der Waals surface area (Å²) in [6.45, 7) is 2.34. The van der Waals surface area contributed by atoms with Crippen molar-refractivity contribution in [3.05, 3.63) is 29.8 Å². The molecule has 2 rings (SSSR count).